The predicted octanol–water partition coefficient (Wildman–Crippen LogP) is 1.35. The molecule has 0 fully saturated rings. The number of hydrogen-bond donors (Lipinski definition) is 2. The summed E-state index contributed by atoms with van der Waals surface area (Å²) in [7, 11) is -2.11. The van der Waals surface area contributed by atoms with Crippen LogP contribution in [0.5, 0.6) is 5.75 Å². The summed E-state index contributed by atoms with van der Waals surface area (Å²) in [5.74, 6) is 0.525. The number of sulfonamides is 1. The molecule has 1 rings (SSSR count). The van der Waals surface area contributed by atoms with Gasteiger partial charge in [-0.2, -0.15) is 0 Å². The first-order valence-electron chi connectivity index (χ1n) is 5.13. The second-order valence-corrected chi connectivity index (χ2v) is 6.41. The maximum atomic E-state index is 12.0. The molecule has 0 aliphatic rings. The van der Waals surface area contributed by atoms with Crippen LogP contribution >= 0.6 is 0 Å². The van der Waals surface area contributed by atoms with E-state index in [0.29, 0.717) is 5.75 Å². The monoisotopic (exact) mass is 258 g/mol. The van der Waals surface area contributed by atoms with Gasteiger partial charge in [-0.1, -0.05) is 0 Å². The van der Waals surface area contributed by atoms with Crippen molar-refractivity contribution < 1.29 is 13.2 Å². The van der Waals surface area contributed by atoms with Crippen LogP contribution in [0.25, 0.3) is 0 Å². The Hall–Kier alpha value is -1.27. The minimum absolute atomic E-state index is 0.0632. The zero-order valence-corrected chi connectivity index (χ0v) is 11.3. The lowest BCUT2D eigenvalue weighted by Crippen LogP contribution is -2.40. The molecule has 0 atom stereocenters. The summed E-state index contributed by atoms with van der Waals surface area (Å²) >= 11 is 0. The quantitative estimate of drug-likeness (QED) is 0.802. The van der Waals surface area contributed by atoms with Crippen molar-refractivity contribution in [3.8, 4) is 5.75 Å². The van der Waals surface area contributed by atoms with Crippen LogP contribution in [0.4, 0.5) is 5.69 Å². The zero-order chi connectivity index (χ0) is 13.3. The highest BCUT2D eigenvalue weighted by Crippen LogP contribution is 2.24. The number of rotatable bonds is 3. The molecule has 0 amide bonds. The fraction of sp³-hybridized carbons (Fsp3) is 0.455. The molecule has 1 aromatic rings. The fourth-order valence-corrected chi connectivity index (χ4v) is 2.89. The summed E-state index contributed by atoms with van der Waals surface area (Å²) in [5.41, 5.74) is 5.32. The Kier molecular flexibility index (Phi) is 3.68. The molecule has 0 spiro atoms. The molecule has 1 aromatic carbocycles. The van der Waals surface area contributed by atoms with Gasteiger partial charge in [0.1, 0.15) is 10.6 Å². The molecule has 17 heavy (non-hydrogen) atoms. The molecule has 0 bridgehead atoms. The van der Waals surface area contributed by atoms with Gasteiger partial charge < -0.3 is 10.5 Å². The largest absolute Gasteiger partial charge is 0.497 e. The Bertz CT molecular complexity index is 504. The van der Waals surface area contributed by atoms with Gasteiger partial charge >= 0.3 is 0 Å². The molecule has 0 heterocycles. The van der Waals surface area contributed by atoms with E-state index in [4.69, 9.17) is 10.5 Å². The number of benzene rings is 1. The lowest BCUT2D eigenvalue weighted by molar-refractivity contribution is 0.414. The highest BCUT2D eigenvalue weighted by Gasteiger charge is 2.23. The van der Waals surface area contributed by atoms with Gasteiger partial charge in [0, 0.05) is 11.6 Å². The van der Waals surface area contributed by atoms with E-state index in [-0.39, 0.29) is 10.6 Å². The van der Waals surface area contributed by atoms with Gasteiger partial charge in [-0.25, -0.2) is 13.1 Å². The smallest absolute Gasteiger partial charge is 0.243 e. The molecule has 0 aliphatic carbocycles. The Morgan fingerprint density at radius 2 is 1.88 bits per heavy atom. The normalized spacial score (nSPS) is 12.5. The highest BCUT2D eigenvalue weighted by atomic mass is 32.2. The predicted molar refractivity (Wildman–Crippen MR) is 67.5 cm³/mol. The van der Waals surface area contributed by atoms with Crippen molar-refractivity contribution >= 4 is 15.7 Å². The zero-order valence-electron chi connectivity index (χ0n) is 10.4. The van der Waals surface area contributed by atoms with E-state index >= 15 is 0 Å². The van der Waals surface area contributed by atoms with Crippen LogP contribution in [-0.4, -0.2) is 21.1 Å². The Morgan fingerprint density at radius 3 is 2.29 bits per heavy atom. The van der Waals surface area contributed by atoms with Crippen molar-refractivity contribution in [1.29, 1.82) is 0 Å². The van der Waals surface area contributed by atoms with E-state index in [1.54, 1.807) is 26.8 Å². The van der Waals surface area contributed by atoms with E-state index in [2.05, 4.69) is 4.72 Å². The molecule has 0 aromatic heterocycles. The summed E-state index contributed by atoms with van der Waals surface area (Å²) in [6.07, 6.45) is 0. The van der Waals surface area contributed by atoms with Crippen molar-refractivity contribution in [3.05, 3.63) is 18.2 Å². The van der Waals surface area contributed by atoms with E-state index in [1.165, 1.54) is 19.2 Å². The Morgan fingerprint density at radius 1 is 1.29 bits per heavy atom. The lowest BCUT2D eigenvalue weighted by atomic mass is 10.1. The maximum Gasteiger partial charge on any atom is 0.243 e. The highest BCUT2D eigenvalue weighted by molar-refractivity contribution is 7.89. The molecule has 6 heteroatoms. The van der Waals surface area contributed by atoms with Gasteiger partial charge in [0.2, 0.25) is 10.0 Å². The van der Waals surface area contributed by atoms with Crippen molar-refractivity contribution in [2.75, 3.05) is 12.8 Å². The molecule has 0 aliphatic heterocycles. The van der Waals surface area contributed by atoms with Crippen LogP contribution in [0.15, 0.2) is 23.1 Å². The number of nitrogens with one attached hydrogen (secondary N) is 1. The molecule has 0 saturated heterocycles. The third-order valence-electron chi connectivity index (χ3n) is 1.95. The van der Waals surface area contributed by atoms with Gasteiger partial charge in [0.05, 0.1) is 12.8 Å². The topological polar surface area (TPSA) is 81.4 Å². The summed E-state index contributed by atoms with van der Waals surface area (Å²) in [5, 5.41) is 0. The maximum absolute atomic E-state index is 12.0. The van der Waals surface area contributed by atoms with Crippen LogP contribution < -0.4 is 15.2 Å². The van der Waals surface area contributed by atoms with Crippen LogP contribution in [0.2, 0.25) is 0 Å². The fourth-order valence-electron chi connectivity index (χ4n) is 1.36. The van der Waals surface area contributed by atoms with Crippen molar-refractivity contribution in [3.63, 3.8) is 0 Å². The number of ether oxygens (including phenoxy) is 1. The second-order valence-electron chi connectivity index (χ2n) is 4.76. The SMILES string of the molecule is COc1ccc(S(=O)(=O)NC(C)(C)C)c(N)c1. The number of nitrogens with two attached hydrogens (primary N) is 1. The van der Waals surface area contributed by atoms with Gasteiger partial charge in [-0.05, 0) is 32.9 Å². The molecule has 0 radical (unpaired) electrons. The van der Waals surface area contributed by atoms with Crippen LogP contribution in [0.1, 0.15) is 20.8 Å². The number of nitrogen functional groups attached to an aromatic ring is 1. The Labute approximate surface area is 102 Å². The standard InChI is InChI=1S/C11H18N2O3S/c1-11(2,3)13-17(14,15)10-6-5-8(16-4)7-9(10)12/h5-7,13H,12H2,1-4H3. The van der Waals surface area contributed by atoms with Crippen LogP contribution in [-0.2, 0) is 10.0 Å². The third-order valence-corrected chi connectivity index (χ3v) is 3.78. The first-order valence-corrected chi connectivity index (χ1v) is 6.61. The van der Waals surface area contributed by atoms with Crippen LogP contribution in [0, 0.1) is 0 Å². The minimum Gasteiger partial charge on any atom is -0.497 e. The summed E-state index contributed by atoms with van der Waals surface area (Å²) in [6.45, 7) is 5.30. The molecule has 5 nitrogen and oxygen atoms in total. The third kappa shape index (κ3) is 3.61. The van der Waals surface area contributed by atoms with Gasteiger partial charge in [-0.15, -0.1) is 0 Å². The molecule has 3 N–H and O–H groups in total. The van der Waals surface area contributed by atoms with E-state index in [9.17, 15) is 8.42 Å². The average Bonchev–Trinajstić information content (AvgIpc) is 2.13. The van der Waals surface area contributed by atoms with Crippen LogP contribution in [0.3, 0.4) is 0 Å². The number of hydrogen-bond acceptors (Lipinski definition) is 4. The van der Waals surface area contributed by atoms with E-state index < -0.39 is 15.6 Å². The van der Waals surface area contributed by atoms with Gasteiger partial charge in [-0.3, -0.25) is 0 Å². The molecule has 0 unspecified atom stereocenters. The molecule has 96 valence electrons. The Balaban J connectivity index is 3.16. The minimum atomic E-state index is -3.60. The lowest BCUT2D eigenvalue weighted by Gasteiger charge is -2.21. The van der Waals surface area contributed by atoms with E-state index in [0.717, 1.165) is 0 Å². The van der Waals surface area contributed by atoms with Crippen molar-refractivity contribution in [2.24, 2.45) is 0 Å². The summed E-state index contributed by atoms with van der Waals surface area (Å²) in [4.78, 5) is 0.0632. The number of anilines is 1. The summed E-state index contributed by atoms with van der Waals surface area (Å²) in [6, 6.07) is 4.48. The first-order chi connectivity index (χ1) is 7.65. The van der Waals surface area contributed by atoms with Gasteiger partial charge in [0.25, 0.3) is 0 Å². The number of methoxy groups -OCH3 is 1. The van der Waals surface area contributed by atoms with E-state index in [1.807, 2.05) is 0 Å². The first kappa shape index (κ1) is 13.8. The van der Waals surface area contributed by atoms with Crippen molar-refractivity contribution in [2.45, 2.75) is 31.2 Å². The molecular formula is C11H18N2O3S. The second kappa shape index (κ2) is 4.54. The molecular weight excluding hydrogens is 240 g/mol. The summed E-state index contributed by atoms with van der Waals surface area (Å²) < 4.78 is 31.6. The van der Waals surface area contributed by atoms with Crippen molar-refractivity contribution in [1.82, 2.24) is 4.72 Å². The molecule has 0 saturated carbocycles. The van der Waals surface area contributed by atoms with Gasteiger partial charge in [0.15, 0.2) is 0 Å². The average molecular weight is 258 g/mol.